The largest absolute Gasteiger partial charge is 0.394 e. The molecule has 0 saturated heterocycles. The second-order valence-electron chi connectivity index (χ2n) is 10.1. The molecule has 0 aromatic heterocycles. The van der Waals surface area contributed by atoms with Crippen molar-refractivity contribution in [3.8, 4) is 0 Å². The summed E-state index contributed by atoms with van der Waals surface area (Å²) < 4.78 is 0. The third-order valence-electron chi connectivity index (χ3n) is 6.45. The predicted octanol–water partition coefficient (Wildman–Crippen LogP) is 8.83. The van der Waals surface area contributed by atoms with Crippen LogP contribution in [0.5, 0.6) is 0 Å². The van der Waals surface area contributed by atoms with E-state index < -0.39 is 12.1 Å². The van der Waals surface area contributed by atoms with Crippen LogP contribution >= 0.6 is 0 Å². The van der Waals surface area contributed by atoms with Gasteiger partial charge in [-0.1, -0.05) is 132 Å². The summed E-state index contributed by atoms with van der Waals surface area (Å²) in [6, 6.07) is -0.627. The molecule has 0 saturated carbocycles. The molecule has 39 heavy (non-hydrogen) atoms. The summed E-state index contributed by atoms with van der Waals surface area (Å²) in [5.74, 6) is -0.0906. The van der Waals surface area contributed by atoms with E-state index in [9.17, 15) is 15.0 Å². The summed E-state index contributed by atoms with van der Waals surface area (Å²) >= 11 is 0. The highest BCUT2D eigenvalue weighted by atomic mass is 16.3. The van der Waals surface area contributed by atoms with E-state index in [1.165, 1.54) is 25.7 Å². The van der Waals surface area contributed by atoms with Gasteiger partial charge in [0, 0.05) is 6.42 Å². The first-order valence-electron chi connectivity index (χ1n) is 15.7. The molecule has 4 nitrogen and oxygen atoms in total. The molecule has 0 bridgehead atoms. The van der Waals surface area contributed by atoms with E-state index in [1.807, 2.05) is 6.08 Å². The van der Waals surface area contributed by atoms with Crippen LogP contribution in [0.25, 0.3) is 0 Å². The SMILES string of the molecule is CC/C=C\C/C=C\C/C=C\C/C=C\C/C=C\CCCCCCCCCC(=O)NC(CO)C(O)/C=C/CCCC. The number of nitrogens with one attached hydrogen (secondary N) is 1. The molecule has 2 unspecified atom stereocenters. The van der Waals surface area contributed by atoms with Crippen LogP contribution < -0.4 is 5.32 Å². The number of unbranched alkanes of at least 4 members (excludes halogenated alkanes) is 9. The van der Waals surface area contributed by atoms with Gasteiger partial charge in [0.05, 0.1) is 18.8 Å². The molecule has 4 heteroatoms. The number of aliphatic hydroxyl groups is 2. The number of carbonyl (C=O) groups is 1. The first-order chi connectivity index (χ1) is 19.2. The normalized spacial score (nSPS) is 14.3. The maximum atomic E-state index is 12.1. The van der Waals surface area contributed by atoms with Crippen LogP contribution in [0.1, 0.15) is 123 Å². The van der Waals surface area contributed by atoms with E-state index in [-0.39, 0.29) is 12.5 Å². The standard InChI is InChI=1S/C35H59NO3/c1-3-5-7-9-10-11-12-13-14-15-16-17-18-19-20-21-22-23-24-25-26-27-29-31-35(39)36-33(32-37)34(38)30-28-8-6-4-2/h5,7,10-11,13-14,16-17,19-20,28,30,33-34,37-38H,3-4,6,8-9,12,15,18,21-27,29,31-32H2,1-2H3,(H,36,39)/b7-5-,11-10-,14-13-,17-16-,20-19-,30-28+. The van der Waals surface area contributed by atoms with Crippen LogP contribution in [0.3, 0.4) is 0 Å². The van der Waals surface area contributed by atoms with Gasteiger partial charge in [-0.3, -0.25) is 4.79 Å². The Morgan fingerprint density at radius 1 is 0.641 bits per heavy atom. The molecule has 0 aliphatic carbocycles. The Hall–Kier alpha value is -2.17. The lowest BCUT2D eigenvalue weighted by molar-refractivity contribution is -0.123. The van der Waals surface area contributed by atoms with Gasteiger partial charge in [0.25, 0.3) is 0 Å². The highest BCUT2D eigenvalue weighted by molar-refractivity contribution is 5.76. The summed E-state index contributed by atoms with van der Waals surface area (Å²) in [7, 11) is 0. The Bertz CT molecular complexity index is 717. The Balaban J connectivity index is 3.61. The van der Waals surface area contributed by atoms with E-state index in [0.717, 1.165) is 77.0 Å². The van der Waals surface area contributed by atoms with E-state index in [1.54, 1.807) is 6.08 Å². The Morgan fingerprint density at radius 3 is 1.67 bits per heavy atom. The molecule has 0 heterocycles. The average molecular weight is 542 g/mol. The topological polar surface area (TPSA) is 69.6 Å². The molecule has 0 aliphatic heterocycles. The van der Waals surface area contributed by atoms with Crippen LogP contribution in [0.2, 0.25) is 0 Å². The van der Waals surface area contributed by atoms with Crippen molar-refractivity contribution < 1.29 is 15.0 Å². The maximum absolute atomic E-state index is 12.1. The summed E-state index contributed by atoms with van der Waals surface area (Å²) in [6.45, 7) is 4.02. The molecule has 0 spiro atoms. The quantitative estimate of drug-likeness (QED) is 0.0757. The summed E-state index contributed by atoms with van der Waals surface area (Å²) in [6.07, 6.45) is 43.0. The van der Waals surface area contributed by atoms with E-state index in [4.69, 9.17) is 0 Å². The van der Waals surface area contributed by atoms with Gasteiger partial charge in [0.1, 0.15) is 0 Å². The van der Waals surface area contributed by atoms with Crippen molar-refractivity contribution in [3.63, 3.8) is 0 Å². The smallest absolute Gasteiger partial charge is 0.220 e. The monoisotopic (exact) mass is 541 g/mol. The molecule has 0 aromatic carbocycles. The first kappa shape index (κ1) is 36.8. The lowest BCUT2D eigenvalue weighted by Crippen LogP contribution is -2.45. The number of carbonyl (C=O) groups excluding carboxylic acids is 1. The van der Waals surface area contributed by atoms with Gasteiger partial charge in [0.2, 0.25) is 5.91 Å². The molecule has 222 valence electrons. The number of hydrogen-bond donors (Lipinski definition) is 3. The maximum Gasteiger partial charge on any atom is 0.220 e. The van der Waals surface area contributed by atoms with Crippen molar-refractivity contribution in [1.82, 2.24) is 5.32 Å². The van der Waals surface area contributed by atoms with Gasteiger partial charge >= 0.3 is 0 Å². The molecule has 1 amide bonds. The fraction of sp³-hybridized carbons (Fsp3) is 0.629. The van der Waals surface area contributed by atoms with E-state index in [0.29, 0.717) is 6.42 Å². The van der Waals surface area contributed by atoms with Gasteiger partial charge in [0.15, 0.2) is 0 Å². The fourth-order valence-corrected chi connectivity index (χ4v) is 4.01. The van der Waals surface area contributed by atoms with Gasteiger partial charge in [-0.25, -0.2) is 0 Å². The zero-order valence-corrected chi connectivity index (χ0v) is 25.1. The summed E-state index contributed by atoms with van der Waals surface area (Å²) in [4.78, 5) is 12.1. The minimum absolute atomic E-state index is 0.0906. The summed E-state index contributed by atoms with van der Waals surface area (Å²) in [5.41, 5.74) is 0. The van der Waals surface area contributed by atoms with Crippen molar-refractivity contribution in [2.45, 2.75) is 135 Å². The second kappa shape index (κ2) is 30.4. The van der Waals surface area contributed by atoms with Crippen LogP contribution in [-0.4, -0.2) is 34.9 Å². The molecule has 0 aliphatic rings. The van der Waals surface area contributed by atoms with Gasteiger partial charge in [-0.05, 0) is 57.8 Å². The van der Waals surface area contributed by atoms with Crippen LogP contribution in [0, 0.1) is 0 Å². The molecule has 3 N–H and O–H groups in total. The average Bonchev–Trinajstić information content (AvgIpc) is 2.94. The minimum Gasteiger partial charge on any atom is -0.394 e. The molecular formula is C35H59NO3. The lowest BCUT2D eigenvalue weighted by Gasteiger charge is -2.19. The number of rotatable bonds is 26. The van der Waals surface area contributed by atoms with Crippen molar-refractivity contribution >= 4 is 5.91 Å². The van der Waals surface area contributed by atoms with E-state index in [2.05, 4.69) is 79.9 Å². The number of hydrogen-bond acceptors (Lipinski definition) is 3. The van der Waals surface area contributed by atoms with Crippen LogP contribution in [0.15, 0.2) is 72.9 Å². The van der Waals surface area contributed by atoms with Gasteiger partial charge < -0.3 is 15.5 Å². The lowest BCUT2D eigenvalue weighted by atomic mass is 10.1. The molecule has 0 aromatic rings. The third kappa shape index (κ3) is 27.2. The summed E-state index contributed by atoms with van der Waals surface area (Å²) in [5, 5.41) is 22.4. The Kier molecular flexibility index (Phi) is 28.7. The highest BCUT2D eigenvalue weighted by Crippen LogP contribution is 2.10. The van der Waals surface area contributed by atoms with Gasteiger partial charge in [-0.15, -0.1) is 0 Å². The molecule has 0 rings (SSSR count). The number of amides is 1. The minimum atomic E-state index is -0.842. The molecule has 0 fully saturated rings. The zero-order valence-electron chi connectivity index (χ0n) is 25.1. The molecular weight excluding hydrogens is 482 g/mol. The number of allylic oxidation sites excluding steroid dienone is 11. The number of aliphatic hydroxyl groups excluding tert-OH is 2. The van der Waals surface area contributed by atoms with Crippen LogP contribution in [-0.2, 0) is 4.79 Å². The first-order valence-corrected chi connectivity index (χ1v) is 15.7. The Morgan fingerprint density at radius 2 is 1.13 bits per heavy atom. The molecule has 2 atom stereocenters. The van der Waals surface area contributed by atoms with Gasteiger partial charge in [-0.2, -0.15) is 0 Å². The van der Waals surface area contributed by atoms with Crippen LogP contribution in [0.4, 0.5) is 0 Å². The zero-order chi connectivity index (χ0) is 28.7. The van der Waals surface area contributed by atoms with E-state index >= 15 is 0 Å². The molecule has 0 radical (unpaired) electrons. The second-order valence-corrected chi connectivity index (χ2v) is 10.1. The Labute approximate surface area is 240 Å². The fourth-order valence-electron chi connectivity index (χ4n) is 4.01. The highest BCUT2D eigenvalue weighted by Gasteiger charge is 2.17. The van der Waals surface area contributed by atoms with Crippen molar-refractivity contribution in [1.29, 1.82) is 0 Å². The predicted molar refractivity (Wildman–Crippen MR) is 170 cm³/mol. The third-order valence-corrected chi connectivity index (χ3v) is 6.45. The van der Waals surface area contributed by atoms with Crippen molar-refractivity contribution in [3.05, 3.63) is 72.9 Å². The van der Waals surface area contributed by atoms with Crippen molar-refractivity contribution in [2.24, 2.45) is 0 Å². The van der Waals surface area contributed by atoms with Crippen molar-refractivity contribution in [2.75, 3.05) is 6.61 Å².